The Morgan fingerprint density at radius 3 is 1.86 bits per heavy atom. The number of phosphoric ester groups is 1. The summed E-state index contributed by atoms with van der Waals surface area (Å²) >= 11 is 0. The predicted octanol–water partition coefficient (Wildman–Crippen LogP) is 4.10. The molecule has 0 aliphatic rings. The number of ether oxygens (including phenoxy) is 2. The normalized spacial score (nSPS) is 14.6. The highest BCUT2D eigenvalue weighted by Crippen LogP contribution is 2.43. The van der Waals surface area contributed by atoms with Gasteiger partial charge in [0.05, 0.1) is 13.2 Å². The average Bonchev–Trinajstić information content (AvgIpc) is 2.81. The molecule has 206 valence electrons. The number of hydrogen-bond acceptors (Lipinski definition) is 9. The fourth-order valence-corrected chi connectivity index (χ4v) is 3.78. The van der Waals surface area contributed by atoms with Gasteiger partial charge >= 0.3 is 25.7 Å². The van der Waals surface area contributed by atoms with Gasteiger partial charge in [-0.05, 0) is 12.8 Å². The summed E-state index contributed by atoms with van der Waals surface area (Å²) in [6, 6.07) is -1.51. The molecular weight excluding hydrogens is 481 g/mol. The molecule has 0 aromatic rings. The van der Waals surface area contributed by atoms with E-state index in [2.05, 4.69) is 11.4 Å². The van der Waals surface area contributed by atoms with Crippen molar-refractivity contribution in [3.8, 4) is 0 Å². The summed E-state index contributed by atoms with van der Waals surface area (Å²) in [5.41, 5.74) is 5.23. The van der Waals surface area contributed by atoms with Crippen LogP contribution in [0.15, 0.2) is 0 Å². The highest BCUT2D eigenvalue weighted by Gasteiger charge is 2.28. The van der Waals surface area contributed by atoms with Gasteiger partial charge in [0.1, 0.15) is 12.6 Å². The van der Waals surface area contributed by atoms with Crippen LogP contribution in [0.4, 0.5) is 0 Å². The summed E-state index contributed by atoms with van der Waals surface area (Å²) in [6.07, 6.45) is 10.3. The Kier molecular flexibility index (Phi) is 19.8. The van der Waals surface area contributed by atoms with E-state index in [9.17, 15) is 23.8 Å². The first-order valence-corrected chi connectivity index (χ1v) is 14.1. The van der Waals surface area contributed by atoms with Crippen LogP contribution in [0.2, 0.25) is 0 Å². The molecule has 0 aliphatic carbocycles. The maximum absolute atomic E-state index is 12.1. The zero-order valence-electron chi connectivity index (χ0n) is 21.2. The van der Waals surface area contributed by atoms with Crippen LogP contribution >= 0.6 is 7.82 Å². The SMILES string of the molecule is CCCCCCCCCCC(=O)OC[C@H](COP(=O)(O)OC[C@H](N)C(=O)O)OC(=O)CCCCC. The standard InChI is InChI=1S/C23H44NO10P/c1-3-5-7-8-9-10-11-13-14-21(25)31-16-19(34-22(26)15-12-6-4-2)17-32-35(29,30)33-18-20(24)23(27)28/h19-20H,3-18,24H2,1-2H3,(H,27,28)(H,29,30)/t19-,20+/m1/s1. The lowest BCUT2D eigenvalue weighted by molar-refractivity contribution is -0.161. The zero-order chi connectivity index (χ0) is 26.5. The van der Waals surface area contributed by atoms with Gasteiger partial charge < -0.3 is 25.2 Å². The Bertz CT molecular complexity index is 646. The van der Waals surface area contributed by atoms with E-state index in [-0.39, 0.29) is 19.4 Å². The Hall–Kier alpha value is -1.52. The number of carboxylic acids is 1. The molecule has 1 unspecified atom stereocenters. The van der Waals surface area contributed by atoms with Gasteiger partial charge in [0.25, 0.3) is 0 Å². The highest BCUT2D eigenvalue weighted by atomic mass is 31.2. The van der Waals surface area contributed by atoms with Crippen LogP contribution < -0.4 is 5.73 Å². The topological polar surface area (TPSA) is 172 Å². The lowest BCUT2D eigenvalue weighted by atomic mass is 10.1. The molecule has 0 rings (SSSR count). The Balaban J connectivity index is 4.53. The summed E-state index contributed by atoms with van der Waals surface area (Å²) < 4.78 is 31.8. The lowest BCUT2D eigenvalue weighted by Crippen LogP contribution is -2.34. The first-order chi connectivity index (χ1) is 16.6. The van der Waals surface area contributed by atoms with E-state index in [4.69, 9.17) is 24.8 Å². The van der Waals surface area contributed by atoms with Crippen molar-refractivity contribution in [1.82, 2.24) is 0 Å². The van der Waals surface area contributed by atoms with Gasteiger partial charge in [0, 0.05) is 12.8 Å². The van der Waals surface area contributed by atoms with Crippen molar-refractivity contribution in [2.45, 2.75) is 109 Å². The van der Waals surface area contributed by atoms with Crippen molar-refractivity contribution in [2.75, 3.05) is 19.8 Å². The van der Waals surface area contributed by atoms with E-state index in [1.165, 1.54) is 25.7 Å². The molecule has 0 aromatic heterocycles. The molecule has 0 heterocycles. The van der Waals surface area contributed by atoms with E-state index >= 15 is 0 Å². The van der Waals surface area contributed by atoms with E-state index in [1.807, 2.05) is 6.92 Å². The summed E-state index contributed by atoms with van der Waals surface area (Å²) in [5, 5.41) is 8.72. The third-order valence-electron chi connectivity index (χ3n) is 5.11. The van der Waals surface area contributed by atoms with Crippen LogP contribution in [0.25, 0.3) is 0 Å². The number of esters is 2. The van der Waals surface area contributed by atoms with Gasteiger partial charge in [0.15, 0.2) is 6.10 Å². The number of nitrogens with two attached hydrogens (primary N) is 1. The minimum absolute atomic E-state index is 0.150. The molecule has 0 bridgehead atoms. The van der Waals surface area contributed by atoms with Gasteiger partial charge in [-0.25, -0.2) is 4.57 Å². The predicted molar refractivity (Wildman–Crippen MR) is 130 cm³/mol. The van der Waals surface area contributed by atoms with Gasteiger partial charge in [-0.3, -0.25) is 23.4 Å². The molecule has 0 spiro atoms. The fourth-order valence-electron chi connectivity index (χ4n) is 3.00. The van der Waals surface area contributed by atoms with Crippen LogP contribution in [-0.2, 0) is 37.5 Å². The monoisotopic (exact) mass is 525 g/mol. The molecule has 0 fully saturated rings. The number of carbonyl (C=O) groups excluding carboxylic acids is 2. The lowest BCUT2D eigenvalue weighted by Gasteiger charge is -2.20. The van der Waals surface area contributed by atoms with Crippen LogP contribution in [-0.4, -0.2) is 59.9 Å². The number of unbranched alkanes of at least 4 members (excludes halogenated alkanes) is 9. The van der Waals surface area contributed by atoms with Crippen LogP contribution in [0.5, 0.6) is 0 Å². The van der Waals surface area contributed by atoms with Crippen molar-refractivity contribution in [1.29, 1.82) is 0 Å². The highest BCUT2D eigenvalue weighted by molar-refractivity contribution is 7.47. The maximum Gasteiger partial charge on any atom is 0.472 e. The summed E-state index contributed by atoms with van der Waals surface area (Å²) in [6.45, 7) is 2.48. The van der Waals surface area contributed by atoms with E-state index in [0.29, 0.717) is 12.8 Å². The molecule has 0 radical (unpaired) electrons. The first kappa shape index (κ1) is 33.5. The number of carbonyl (C=O) groups is 3. The number of carboxylic acid groups (broad SMARTS) is 1. The van der Waals surface area contributed by atoms with Crippen molar-refractivity contribution >= 4 is 25.7 Å². The molecule has 0 aromatic carbocycles. The summed E-state index contributed by atoms with van der Waals surface area (Å²) in [5.74, 6) is -2.42. The molecule has 0 saturated heterocycles. The fraction of sp³-hybridized carbons (Fsp3) is 0.870. The van der Waals surface area contributed by atoms with Crippen molar-refractivity contribution < 1.29 is 47.5 Å². The number of phosphoric acid groups is 1. The maximum atomic E-state index is 12.1. The van der Waals surface area contributed by atoms with Gasteiger partial charge in [-0.2, -0.15) is 0 Å². The molecule has 4 N–H and O–H groups in total. The average molecular weight is 526 g/mol. The second-order valence-corrected chi connectivity index (χ2v) is 9.94. The number of aliphatic carboxylic acids is 1. The molecule has 3 atom stereocenters. The number of rotatable bonds is 23. The molecule has 0 amide bonds. The zero-order valence-corrected chi connectivity index (χ0v) is 22.0. The third kappa shape index (κ3) is 20.4. The largest absolute Gasteiger partial charge is 0.480 e. The van der Waals surface area contributed by atoms with Gasteiger partial charge in [-0.15, -0.1) is 0 Å². The van der Waals surface area contributed by atoms with Crippen molar-refractivity contribution in [3.05, 3.63) is 0 Å². The summed E-state index contributed by atoms with van der Waals surface area (Å²) in [4.78, 5) is 44.6. The van der Waals surface area contributed by atoms with Crippen molar-refractivity contribution in [3.63, 3.8) is 0 Å². The molecule has 35 heavy (non-hydrogen) atoms. The number of hydrogen-bond donors (Lipinski definition) is 3. The van der Waals surface area contributed by atoms with Crippen LogP contribution in [0.3, 0.4) is 0 Å². The Morgan fingerprint density at radius 1 is 0.771 bits per heavy atom. The van der Waals surface area contributed by atoms with Gasteiger partial charge in [-0.1, -0.05) is 71.6 Å². The second-order valence-electron chi connectivity index (χ2n) is 8.48. The minimum Gasteiger partial charge on any atom is -0.480 e. The quantitative estimate of drug-likeness (QED) is 0.0996. The molecule has 0 saturated carbocycles. The first-order valence-electron chi connectivity index (χ1n) is 12.6. The van der Waals surface area contributed by atoms with Crippen LogP contribution in [0, 0.1) is 0 Å². The molecular formula is C23H44NO10P. The van der Waals surface area contributed by atoms with E-state index in [1.54, 1.807) is 0 Å². The molecule has 12 heteroatoms. The second kappa shape index (κ2) is 20.7. The van der Waals surface area contributed by atoms with Gasteiger partial charge in [0.2, 0.25) is 0 Å². The van der Waals surface area contributed by atoms with E-state index in [0.717, 1.165) is 32.1 Å². The van der Waals surface area contributed by atoms with Crippen LogP contribution in [0.1, 0.15) is 97.3 Å². The Labute approximate surface area is 208 Å². The Morgan fingerprint density at radius 2 is 1.26 bits per heavy atom. The summed E-state index contributed by atoms with van der Waals surface area (Å²) in [7, 11) is -4.67. The third-order valence-corrected chi connectivity index (χ3v) is 6.06. The van der Waals surface area contributed by atoms with Crippen molar-refractivity contribution in [2.24, 2.45) is 5.73 Å². The smallest absolute Gasteiger partial charge is 0.472 e. The minimum atomic E-state index is -4.67. The molecule has 0 aliphatic heterocycles. The molecule has 11 nitrogen and oxygen atoms in total. The van der Waals surface area contributed by atoms with E-state index < -0.39 is 51.1 Å².